The van der Waals surface area contributed by atoms with E-state index in [1.807, 2.05) is 6.20 Å². The first kappa shape index (κ1) is 12.3. The molecule has 0 saturated carbocycles. The van der Waals surface area contributed by atoms with Gasteiger partial charge in [0.2, 0.25) is 0 Å². The Hall–Kier alpha value is -1.43. The Kier molecular flexibility index (Phi) is 2.80. The number of aromatic amines is 1. The highest BCUT2D eigenvalue weighted by Crippen LogP contribution is 2.40. The summed E-state index contributed by atoms with van der Waals surface area (Å²) in [6.07, 6.45) is 2.72. The van der Waals surface area contributed by atoms with Crippen LogP contribution in [0.3, 0.4) is 0 Å². The number of rotatable bonds is 1. The van der Waals surface area contributed by atoms with E-state index in [9.17, 15) is 0 Å². The summed E-state index contributed by atoms with van der Waals surface area (Å²) in [7, 11) is 0. The fraction of sp³-hybridized carbons (Fsp3) is 0.533. The van der Waals surface area contributed by atoms with Gasteiger partial charge in [-0.25, -0.2) is 0 Å². The Morgan fingerprint density at radius 3 is 3.00 bits per heavy atom. The van der Waals surface area contributed by atoms with Crippen LogP contribution in [0.4, 0.5) is 0 Å². The third-order valence-electron chi connectivity index (χ3n) is 4.55. The molecule has 1 aromatic heterocycles. The Morgan fingerprint density at radius 2 is 2.15 bits per heavy atom. The van der Waals surface area contributed by atoms with Crippen LogP contribution in [-0.4, -0.2) is 35.7 Å². The summed E-state index contributed by atoms with van der Waals surface area (Å²) < 4.78 is 11.9. The molecule has 20 heavy (non-hydrogen) atoms. The number of H-pyrrole nitrogens is 1. The second kappa shape index (κ2) is 4.55. The molecule has 0 amide bonds. The third-order valence-corrected chi connectivity index (χ3v) is 4.55. The number of benzene rings is 1. The van der Waals surface area contributed by atoms with Crippen molar-refractivity contribution in [3.8, 4) is 0 Å². The molecular formula is C15H19N3O2. The highest BCUT2D eigenvalue weighted by Gasteiger charge is 2.46. The second-order valence-corrected chi connectivity index (χ2v) is 5.79. The molecule has 106 valence electrons. The van der Waals surface area contributed by atoms with E-state index in [-0.39, 0.29) is 6.04 Å². The van der Waals surface area contributed by atoms with E-state index in [2.05, 4.69) is 40.6 Å². The molecule has 5 heteroatoms. The van der Waals surface area contributed by atoms with Gasteiger partial charge in [-0.05, 0) is 17.7 Å². The largest absolute Gasteiger partial charge is 0.347 e. The van der Waals surface area contributed by atoms with Gasteiger partial charge in [0.05, 0.1) is 24.9 Å². The number of aromatic nitrogens is 2. The number of fused-ring (bicyclic) bond motifs is 1. The molecule has 2 aromatic rings. The van der Waals surface area contributed by atoms with Gasteiger partial charge in [0, 0.05) is 30.3 Å². The lowest BCUT2D eigenvalue weighted by molar-refractivity contribution is -0.210. The van der Waals surface area contributed by atoms with Crippen molar-refractivity contribution in [3.05, 3.63) is 30.0 Å². The molecule has 2 aliphatic rings. The van der Waals surface area contributed by atoms with Crippen molar-refractivity contribution in [1.82, 2.24) is 15.5 Å². The number of nitrogens with one attached hydrogen (secondary N) is 2. The lowest BCUT2D eigenvalue weighted by atomic mass is 9.86. The summed E-state index contributed by atoms with van der Waals surface area (Å²) in [5, 5.41) is 11.8. The van der Waals surface area contributed by atoms with Gasteiger partial charge >= 0.3 is 0 Å². The Balaban J connectivity index is 1.64. The highest BCUT2D eigenvalue weighted by atomic mass is 16.7. The van der Waals surface area contributed by atoms with E-state index in [4.69, 9.17) is 9.47 Å². The summed E-state index contributed by atoms with van der Waals surface area (Å²) in [5.41, 5.74) is 2.34. The minimum absolute atomic E-state index is 0.267. The van der Waals surface area contributed by atoms with Crippen LogP contribution in [0, 0.1) is 5.92 Å². The Morgan fingerprint density at radius 1 is 1.30 bits per heavy atom. The molecule has 0 unspecified atom stereocenters. The Labute approximate surface area is 117 Å². The molecule has 0 bridgehead atoms. The number of hydrogen-bond acceptors (Lipinski definition) is 4. The zero-order valence-corrected chi connectivity index (χ0v) is 11.6. The van der Waals surface area contributed by atoms with Crippen LogP contribution < -0.4 is 5.32 Å². The van der Waals surface area contributed by atoms with E-state index in [0.29, 0.717) is 19.1 Å². The maximum Gasteiger partial charge on any atom is 0.174 e. The lowest BCUT2D eigenvalue weighted by Gasteiger charge is -2.42. The smallest absolute Gasteiger partial charge is 0.174 e. The molecule has 2 fully saturated rings. The first-order valence-electron chi connectivity index (χ1n) is 7.21. The summed E-state index contributed by atoms with van der Waals surface area (Å²) in [6.45, 7) is 4.51. The van der Waals surface area contributed by atoms with Crippen molar-refractivity contribution in [2.45, 2.75) is 25.2 Å². The van der Waals surface area contributed by atoms with Crippen LogP contribution in [0.1, 0.15) is 24.9 Å². The quantitative estimate of drug-likeness (QED) is 0.834. The molecule has 0 radical (unpaired) electrons. The topological polar surface area (TPSA) is 59.2 Å². The van der Waals surface area contributed by atoms with Gasteiger partial charge < -0.3 is 14.8 Å². The maximum absolute atomic E-state index is 5.94. The predicted molar refractivity (Wildman–Crippen MR) is 75.3 cm³/mol. The molecule has 2 N–H and O–H groups in total. The molecule has 2 atom stereocenters. The van der Waals surface area contributed by atoms with Crippen molar-refractivity contribution in [2.24, 2.45) is 5.92 Å². The molecule has 4 rings (SSSR count). The van der Waals surface area contributed by atoms with Crippen LogP contribution in [0.2, 0.25) is 0 Å². The molecule has 2 saturated heterocycles. The minimum atomic E-state index is -0.402. The van der Waals surface area contributed by atoms with E-state index in [1.54, 1.807) is 0 Å². The van der Waals surface area contributed by atoms with Crippen molar-refractivity contribution >= 4 is 10.9 Å². The molecular weight excluding hydrogens is 254 g/mol. The van der Waals surface area contributed by atoms with E-state index >= 15 is 0 Å². The highest BCUT2D eigenvalue weighted by molar-refractivity contribution is 5.78. The average molecular weight is 273 g/mol. The van der Waals surface area contributed by atoms with Gasteiger partial charge in [0.25, 0.3) is 0 Å². The van der Waals surface area contributed by atoms with Gasteiger partial charge in [-0.2, -0.15) is 5.10 Å². The van der Waals surface area contributed by atoms with Gasteiger partial charge in [-0.3, -0.25) is 5.10 Å². The van der Waals surface area contributed by atoms with E-state index in [0.717, 1.165) is 23.9 Å². The summed E-state index contributed by atoms with van der Waals surface area (Å²) in [6, 6.07) is 6.69. The van der Waals surface area contributed by atoms with Crippen LogP contribution >= 0.6 is 0 Å². The van der Waals surface area contributed by atoms with Crippen molar-refractivity contribution in [1.29, 1.82) is 0 Å². The van der Waals surface area contributed by atoms with Gasteiger partial charge in [0.1, 0.15) is 0 Å². The fourth-order valence-corrected chi connectivity index (χ4v) is 3.32. The number of nitrogens with zero attached hydrogens (tertiary/aromatic N) is 1. The second-order valence-electron chi connectivity index (χ2n) is 5.79. The number of piperidine rings is 1. The van der Waals surface area contributed by atoms with Crippen LogP contribution in [0.25, 0.3) is 10.9 Å². The molecule has 5 nitrogen and oxygen atoms in total. The maximum atomic E-state index is 5.94. The lowest BCUT2D eigenvalue weighted by Crippen LogP contribution is -2.51. The third kappa shape index (κ3) is 1.85. The van der Waals surface area contributed by atoms with Crippen LogP contribution in [-0.2, 0) is 9.47 Å². The van der Waals surface area contributed by atoms with Gasteiger partial charge in [-0.1, -0.05) is 13.0 Å². The minimum Gasteiger partial charge on any atom is -0.347 e. The SMILES string of the molecule is C[C@H]1CN[C@H](c2ccc3[nH]ncc3c2)CC12OCCO2. The molecule has 1 spiro atoms. The van der Waals surface area contributed by atoms with Gasteiger partial charge in [0.15, 0.2) is 5.79 Å². The van der Waals surface area contributed by atoms with Gasteiger partial charge in [-0.15, -0.1) is 0 Å². The molecule has 1 aromatic carbocycles. The first-order valence-corrected chi connectivity index (χ1v) is 7.21. The normalized spacial score (nSPS) is 29.2. The zero-order valence-electron chi connectivity index (χ0n) is 11.6. The van der Waals surface area contributed by atoms with Crippen LogP contribution in [0.5, 0.6) is 0 Å². The molecule has 0 aliphatic carbocycles. The van der Waals surface area contributed by atoms with Crippen LogP contribution in [0.15, 0.2) is 24.4 Å². The summed E-state index contributed by atoms with van der Waals surface area (Å²) in [4.78, 5) is 0. The summed E-state index contributed by atoms with van der Waals surface area (Å²) in [5.74, 6) is -0.0275. The number of ether oxygens (including phenoxy) is 2. The zero-order chi connectivity index (χ0) is 13.6. The number of hydrogen-bond donors (Lipinski definition) is 2. The first-order chi connectivity index (χ1) is 9.77. The van der Waals surface area contributed by atoms with Crippen molar-refractivity contribution < 1.29 is 9.47 Å². The predicted octanol–water partition coefficient (Wildman–Crippen LogP) is 1.98. The Bertz CT molecular complexity index is 618. The fourth-order valence-electron chi connectivity index (χ4n) is 3.32. The average Bonchev–Trinajstić information content (AvgIpc) is 3.11. The van der Waals surface area contributed by atoms with E-state index < -0.39 is 5.79 Å². The molecule has 3 heterocycles. The molecule has 2 aliphatic heterocycles. The monoisotopic (exact) mass is 273 g/mol. The van der Waals surface area contributed by atoms with Crippen molar-refractivity contribution in [2.75, 3.05) is 19.8 Å². The standard InChI is InChI=1S/C15H19N3O2/c1-10-8-16-14(7-15(10)19-4-5-20-15)11-2-3-13-12(6-11)9-17-18-13/h2-3,6,9-10,14,16H,4-5,7-8H2,1H3,(H,17,18)/t10-,14-/m0/s1. The van der Waals surface area contributed by atoms with Crippen molar-refractivity contribution in [3.63, 3.8) is 0 Å². The summed E-state index contributed by atoms with van der Waals surface area (Å²) >= 11 is 0. The van der Waals surface area contributed by atoms with E-state index in [1.165, 1.54) is 5.56 Å².